The molecular formula is C28H32Cl4N4O3. The Hall–Kier alpha value is -2.29. The van der Waals surface area contributed by atoms with E-state index < -0.39 is 22.8 Å². The molecule has 0 aliphatic rings. The summed E-state index contributed by atoms with van der Waals surface area (Å²) in [5.74, 6) is -0.364. The van der Waals surface area contributed by atoms with Gasteiger partial charge in [0.1, 0.15) is 5.69 Å². The van der Waals surface area contributed by atoms with Gasteiger partial charge >= 0.3 is 0 Å². The molecule has 0 bridgehead atoms. The van der Waals surface area contributed by atoms with Gasteiger partial charge in [0.25, 0.3) is 5.91 Å². The molecule has 3 N–H and O–H groups in total. The SMILES string of the molecule is CC[C@H](C)[C@H](N)C(=O)NC(CN(C(=O)C(Cl)Cl)c1cccc(-c2cc(-c3c(Cl)cccc3Cl)no2)c1)C(C)C. The molecule has 1 unspecified atom stereocenters. The first-order chi connectivity index (χ1) is 18.4. The maximum atomic E-state index is 13.1. The smallest absolute Gasteiger partial charge is 0.260 e. The minimum absolute atomic E-state index is 0.00902. The molecule has 1 aromatic heterocycles. The van der Waals surface area contributed by atoms with E-state index >= 15 is 0 Å². The second kappa shape index (κ2) is 13.9. The van der Waals surface area contributed by atoms with Gasteiger partial charge < -0.3 is 20.5 Å². The van der Waals surface area contributed by atoms with Gasteiger partial charge in [-0.2, -0.15) is 0 Å². The normalized spacial score (nSPS) is 13.8. The molecule has 3 aromatic rings. The Kier molecular flexibility index (Phi) is 11.1. The van der Waals surface area contributed by atoms with Gasteiger partial charge in [-0.05, 0) is 36.1 Å². The third-order valence-corrected chi connectivity index (χ3v) is 7.70. The van der Waals surface area contributed by atoms with Crippen LogP contribution in [0.5, 0.6) is 0 Å². The second-order valence-corrected chi connectivity index (χ2v) is 11.7. The van der Waals surface area contributed by atoms with Crippen LogP contribution in [0.2, 0.25) is 10.0 Å². The third kappa shape index (κ3) is 7.68. The monoisotopic (exact) mass is 612 g/mol. The molecule has 2 amide bonds. The summed E-state index contributed by atoms with van der Waals surface area (Å²) in [6, 6.07) is 12.9. The van der Waals surface area contributed by atoms with Gasteiger partial charge in [-0.25, -0.2) is 0 Å². The van der Waals surface area contributed by atoms with Gasteiger partial charge in [-0.15, -0.1) is 0 Å². The fourth-order valence-electron chi connectivity index (χ4n) is 3.95. The van der Waals surface area contributed by atoms with Crippen LogP contribution in [0.1, 0.15) is 34.1 Å². The molecule has 7 nitrogen and oxygen atoms in total. The number of rotatable bonds is 11. The summed E-state index contributed by atoms with van der Waals surface area (Å²) in [5, 5.41) is 8.03. The standard InChI is InChI=1S/C28H32Cl4N4O3/c1-5-16(4)25(33)27(37)34-22(15(2)3)14-36(28(38)26(31)32)18-9-6-8-17(12-18)23-13-21(35-39-23)24-19(29)10-7-11-20(24)30/h6-13,15-16,22,25-26H,5,14,33H2,1-4H3,(H,34,37)/t16-,22?,25-/m0/s1. The Bertz CT molecular complexity index is 1280. The number of anilines is 1. The summed E-state index contributed by atoms with van der Waals surface area (Å²) in [6.45, 7) is 7.94. The molecule has 0 radical (unpaired) electrons. The Balaban J connectivity index is 1.93. The average molecular weight is 614 g/mol. The third-order valence-electron chi connectivity index (χ3n) is 6.70. The Morgan fingerprint density at radius 1 is 1.05 bits per heavy atom. The van der Waals surface area contributed by atoms with Crippen LogP contribution >= 0.6 is 46.4 Å². The van der Waals surface area contributed by atoms with Crippen LogP contribution in [-0.4, -0.2) is 40.4 Å². The highest BCUT2D eigenvalue weighted by atomic mass is 35.5. The Morgan fingerprint density at radius 2 is 1.69 bits per heavy atom. The molecule has 11 heteroatoms. The number of carbonyl (C=O) groups excluding carboxylic acids is 2. The van der Waals surface area contributed by atoms with Crippen molar-refractivity contribution in [1.29, 1.82) is 0 Å². The summed E-state index contributed by atoms with van der Waals surface area (Å²) >= 11 is 24.7. The molecule has 0 fully saturated rings. The van der Waals surface area contributed by atoms with E-state index in [-0.39, 0.29) is 24.3 Å². The van der Waals surface area contributed by atoms with Crippen LogP contribution in [0.25, 0.3) is 22.6 Å². The van der Waals surface area contributed by atoms with E-state index in [2.05, 4.69) is 10.5 Å². The molecule has 0 saturated carbocycles. The second-order valence-electron chi connectivity index (χ2n) is 9.74. The average Bonchev–Trinajstić information content (AvgIpc) is 3.39. The van der Waals surface area contributed by atoms with E-state index in [1.54, 1.807) is 42.5 Å². The fourth-order valence-corrected chi connectivity index (χ4v) is 4.78. The van der Waals surface area contributed by atoms with E-state index in [0.717, 1.165) is 6.42 Å². The van der Waals surface area contributed by atoms with Crippen LogP contribution in [0.4, 0.5) is 5.69 Å². The molecule has 39 heavy (non-hydrogen) atoms. The molecule has 3 rings (SSSR count). The minimum atomic E-state index is -1.31. The van der Waals surface area contributed by atoms with E-state index in [1.807, 2.05) is 33.8 Å². The summed E-state index contributed by atoms with van der Waals surface area (Å²) in [7, 11) is 0. The number of alkyl halides is 2. The minimum Gasteiger partial charge on any atom is -0.356 e. The van der Waals surface area contributed by atoms with Crippen LogP contribution in [0, 0.1) is 11.8 Å². The molecular weight excluding hydrogens is 582 g/mol. The number of hydrogen-bond acceptors (Lipinski definition) is 5. The number of nitrogens with two attached hydrogens (primary N) is 1. The number of hydrogen-bond donors (Lipinski definition) is 2. The first-order valence-corrected chi connectivity index (χ1v) is 14.2. The van der Waals surface area contributed by atoms with E-state index in [9.17, 15) is 9.59 Å². The van der Waals surface area contributed by atoms with Crippen molar-refractivity contribution in [3.05, 3.63) is 58.6 Å². The molecule has 3 atom stereocenters. The Morgan fingerprint density at radius 3 is 2.28 bits per heavy atom. The lowest BCUT2D eigenvalue weighted by molar-refractivity contribution is -0.124. The predicted molar refractivity (Wildman–Crippen MR) is 159 cm³/mol. The summed E-state index contributed by atoms with van der Waals surface area (Å²) < 4.78 is 5.60. The first kappa shape index (κ1) is 31.2. The number of carbonyl (C=O) groups is 2. The lowest BCUT2D eigenvalue weighted by atomic mass is 9.97. The summed E-state index contributed by atoms with van der Waals surface area (Å²) in [5.41, 5.74) is 8.35. The highest BCUT2D eigenvalue weighted by molar-refractivity contribution is 6.54. The maximum Gasteiger partial charge on any atom is 0.260 e. The zero-order valence-electron chi connectivity index (χ0n) is 22.1. The van der Waals surface area contributed by atoms with Crippen molar-refractivity contribution in [2.24, 2.45) is 17.6 Å². The van der Waals surface area contributed by atoms with Gasteiger partial charge in [0.15, 0.2) is 10.6 Å². The number of nitrogens with one attached hydrogen (secondary N) is 1. The molecule has 1 heterocycles. The number of benzene rings is 2. The molecule has 2 aromatic carbocycles. The largest absolute Gasteiger partial charge is 0.356 e. The zero-order chi connectivity index (χ0) is 28.9. The molecule has 0 aliphatic carbocycles. The van der Waals surface area contributed by atoms with E-state index in [4.69, 9.17) is 56.7 Å². The van der Waals surface area contributed by atoms with Gasteiger partial charge in [0.05, 0.1) is 16.1 Å². The first-order valence-electron chi connectivity index (χ1n) is 12.6. The van der Waals surface area contributed by atoms with E-state index in [0.29, 0.717) is 38.3 Å². The van der Waals surface area contributed by atoms with Crippen molar-refractivity contribution in [3.63, 3.8) is 0 Å². The zero-order valence-corrected chi connectivity index (χ0v) is 25.2. The number of nitrogens with zero attached hydrogens (tertiary/aromatic N) is 2. The molecule has 0 saturated heterocycles. The van der Waals surface area contributed by atoms with Gasteiger partial charge in [-0.3, -0.25) is 9.59 Å². The van der Waals surface area contributed by atoms with Crippen LogP contribution in [0.3, 0.4) is 0 Å². The highest BCUT2D eigenvalue weighted by Crippen LogP contribution is 2.36. The fraction of sp³-hybridized carbons (Fsp3) is 0.393. The summed E-state index contributed by atoms with van der Waals surface area (Å²) in [4.78, 5) is 26.2. The topological polar surface area (TPSA) is 101 Å². The lowest BCUT2D eigenvalue weighted by Crippen LogP contribution is -2.54. The van der Waals surface area contributed by atoms with Crippen LogP contribution < -0.4 is 16.0 Å². The van der Waals surface area contributed by atoms with Gasteiger partial charge in [-0.1, -0.05) is 104 Å². The van der Waals surface area contributed by atoms with Crippen molar-refractivity contribution in [3.8, 4) is 22.6 Å². The van der Waals surface area contributed by atoms with Crippen LogP contribution in [-0.2, 0) is 9.59 Å². The van der Waals surface area contributed by atoms with E-state index in [1.165, 1.54) is 4.90 Å². The van der Waals surface area contributed by atoms with Gasteiger partial charge in [0, 0.05) is 35.5 Å². The predicted octanol–water partition coefficient (Wildman–Crippen LogP) is 6.97. The quantitative estimate of drug-likeness (QED) is 0.227. The summed E-state index contributed by atoms with van der Waals surface area (Å²) in [6.07, 6.45) is 0.768. The number of halogens is 4. The lowest BCUT2D eigenvalue weighted by Gasteiger charge is -2.32. The van der Waals surface area contributed by atoms with Crippen LogP contribution in [0.15, 0.2) is 53.1 Å². The van der Waals surface area contributed by atoms with Crippen molar-refractivity contribution in [1.82, 2.24) is 10.5 Å². The van der Waals surface area contributed by atoms with Crippen molar-refractivity contribution in [2.75, 3.05) is 11.4 Å². The molecule has 0 aliphatic heterocycles. The Labute approximate surface area is 248 Å². The maximum absolute atomic E-state index is 13.1. The molecule has 0 spiro atoms. The van der Waals surface area contributed by atoms with Crippen molar-refractivity contribution < 1.29 is 14.1 Å². The highest BCUT2D eigenvalue weighted by Gasteiger charge is 2.30. The van der Waals surface area contributed by atoms with Crippen molar-refractivity contribution in [2.45, 2.75) is 51.0 Å². The number of aromatic nitrogens is 1. The number of amides is 2. The van der Waals surface area contributed by atoms with Crippen molar-refractivity contribution >= 4 is 63.9 Å². The van der Waals surface area contributed by atoms with Gasteiger partial charge in [0.2, 0.25) is 5.91 Å². The molecule has 210 valence electrons.